The number of carbonyl (C=O) groups is 1. The van der Waals surface area contributed by atoms with Gasteiger partial charge < -0.3 is 14.6 Å². The van der Waals surface area contributed by atoms with Crippen molar-refractivity contribution >= 4 is 5.97 Å². The molecule has 140 valence electrons. The van der Waals surface area contributed by atoms with Gasteiger partial charge in [0, 0.05) is 31.8 Å². The summed E-state index contributed by atoms with van der Waals surface area (Å²) in [5.74, 6) is -1.19. The SMILES string of the molecule is CCC(C)OC(=O)C(c1cccnc1)C(CC(O)OC)c1ccccc1. The highest BCUT2D eigenvalue weighted by Crippen LogP contribution is 2.37. The van der Waals surface area contributed by atoms with E-state index in [0.29, 0.717) is 0 Å². The third-order valence-corrected chi connectivity index (χ3v) is 4.55. The maximum absolute atomic E-state index is 13.0. The van der Waals surface area contributed by atoms with Crippen molar-refractivity contribution in [1.29, 1.82) is 0 Å². The number of carbonyl (C=O) groups excluding carboxylic acids is 1. The Morgan fingerprint density at radius 1 is 1.15 bits per heavy atom. The molecule has 0 aliphatic rings. The molecule has 2 rings (SSSR count). The minimum absolute atomic E-state index is 0.176. The fraction of sp³-hybridized carbons (Fsp3) is 0.429. The number of methoxy groups -OCH3 is 1. The lowest BCUT2D eigenvalue weighted by atomic mass is 9.79. The number of hydrogen-bond donors (Lipinski definition) is 1. The summed E-state index contributed by atoms with van der Waals surface area (Å²) >= 11 is 0. The number of aliphatic hydroxyl groups excluding tert-OH is 1. The molecule has 4 atom stereocenters. The van der Waals surface area contributed by atoms with Gasteiger partial charge in [-0.15, -0.1) is 0 Å². The second-order valence-electron chi connectivity index (χ2n) is 6.36. The Balaban J connectivity index is 2.45. The topological polar surface area (TPSA) is 68.7 Å². The van der Waals surface area contributed by atoms with Crippen molar-refractivity contribution in [2.75, 3.05) is 7.11 Å². The summed E-state index contributed by atoms with van der Waals surface area (Å²) in [4.78, 5) is 17.2. The van der Waals surface area contributed by atoms with E-state index >= 15 is 0 Å². The third kappa shape index (κ3) is 5.38. The Morgan fingerprint density at radius 2 is 1.85 bits per heavy atom. The molecule has 0 amide bonds. The Labute approximate surface area is 155 Å². The average Bonchev–Trinajstić information content (AvgIpc) is 2.68. The predicted molar refractivity (Wildman–Crippen MR) is 99.6 cm³/mol. The summed E-state index contributed by atoms with van der Waals surface area (Å²) in [6.45, 7) is 3.85. The largest absolute Gasteiger partial charge is 0.462 e. The van der Waals surface area contributed by atoms with Crippen LogP contribution < -0.4 is 0 Å². The minimum Gasteiger partial charge on any atom is -0.462 e. The molecule has 0 aliphatic carbocycles. The van der Waals surface area contributed by atoms with Crippen molar-refractivity contribution in [3.63, 3.8) is 0 Å². The van der Waals surface area contributed by atoms with E-state index in [9.17, 15) is 9.90 Å². The van der Waals surface area contributed by atoms with E-state index < -0.39 is 12.2 Å². The highest BCUT2D eigenvalue weighted by atomic mass is 16.6. The summed E-state index contributed by atoms with van der Waals surface area (Å²) in [5, 5.41) is 10.1. The van der Waals surface area contributed by atoms with Gasteiger partial charge in [-0.2, -0.15) is 0 Å². The summed E-state index contributed by atoms with van der Waals surface area (Å²) in [6, 6.07) is 13.3. The number of benzene rings is 1. The molecular formula is C21H27NO4. The van der Waals surface area contributed by atoms with Crippen molar-refractivity contribution < 1.29 is 19.4 Å². The Bertz CT molecular complexity index is 662. The van der Waals surface area contributed by atoms with Gasteiger partial charge in [-0.1, -0.05) is 43.3 Å². The maximum Gasteiger partial charge on any atom is 0.314 e. The molecule has 4 unspecified atom stereocenters. The number of pyridine rings is 1. The lowest BCUT2D eigenvalue weighted by molar-refractivity contribution is -0.151. The molecule has 5 nitrogen and oxygen atoms in total. The molecule has 0 saturated carbocycles. The first-order valence-electron chi connectivity index (χ1n) is 8.93. The van der Waals surface area contributed by atoms with Crippen LogP contribution in [0, 0.1) is 0 Å². The second-order valence-corrected chi connectivity index (χ2v) is 6.36. The summed E-state index contributed by atoms with van der Waals surface area (Å²) in [6.07, 6.45) is 3.21. The molecule has 26 heavy (non-hydrogen) atoms. The average molecular weight is 357 g/mol. The predicted octanol–water partition coefficient (Wildman–Crippen LogP) is 3.65. The fourth-order valence-electron chi connectivity index (χ4n) is 2.93. The number of ether oxygens (including phenoxy) is 2. The normalized spacial score (nSPS) is 15.7. The van der Waals surface area contributed by atoms with Crippen LogP contribution in [-0.2, 0) is 14.3 Å². The highest BCUT2D eigenvalue weighted by molar-refractivity contribution is 5.79. The van der Waals surface area contributed by atoms with Crippen molar-refractivity contribution in [2.24, 2.45) is 0 Å². The van der Waals surface area contributed by atoms with Crippen molar-refractivity contribution in [3.05, 3.63) is 66.0 Å². The molecule has 0 fully saturated rings. The molecule has 0 radical (unpaired) electrons. The van der Waals surface area contributed by atoms with Crippen LogP contribution in [0.5, 0.6) is 0 Å². The van der Waals surface area contributed by atoms with Gasteiger partial charge in [0.2, 0.25) is 0 Å². The van der Waals surface area contributed by atoms with Crippen LogP contribution >= 0.6 is 0 Å². The zero-order chi connectivity index (χ0) is 18.9. The van der Waals surface area contributed by atoms with Gasteiger partial charge in [0.25, 0.3) is 0 Å². The van der Waals surface area contributed by atoms with Gasteiger partial charge in [-0.05, 0) is 30.5 Å². The monoisotopic (exact) mass is 357 g/mol. The van der Waals surface area contributed by atoms with E-state index in [1.54, 1.807) is 18.5 Å². The minimum atomic E-state index is -0.976. The second kappa shape index (κ2) is 10.0. The molecule has 1 aromatic heterocycles. The van der Waals surface area contributed by atoms with E-state index in [1.165, 1.54) is 7.11 Å². The Hall–Kier alpha value is -2.24. The first-order valence-corrected chi connectivity index (χ1v) is 8.93. The van der Waals surface area contributed by atoms with Crippen molar-refractivity contribution in [3.8, 4) is 0 Å². The molecule has 0 spiro atoms. The standard InChI is InChI=1S/C21H27NO4/c1-4-15(2)26-21(24)20(17-11-8-12-22-14-17)18(13-19(23)25-3)16-9-6-5-7-10-16/h5-12,14-15,18-20,23H,4,13H2,1-3H3. The van der Waals surface area contributed by atoms with Gasteiger partial charge in [0.05, 0.1) is 12.0 Å². The molecule has 0 bridgehead atoms. The maximum atomic E-state index is 13.0. The van der Waals surface area contributed by atoms with Gasteiger partial charge >= 0.3 is 5.97 Å². The van der Waals surface area contributed by atoms with Crippen LogP contribution in [0.4, 0.5) is 0 Å². The van der Waals surface area contributed by atoms with E-state index in [4.69, 9.17) is 9.47 Å². The van der Waals surface area contributed by atoms with Crippen LogP contribution in [0.25, 0.3) is 0 Å². The van der Waals surface area contributed by atoms with Gasteiger partial charge in [-0.25, -0.2) is 0 Å². The van der Waals surface area contributed by atoms with E-state index in [-0.39, 0.29) is 24.4 Å². The Kier molecular flexibility index (Phi) is 7.75. The van der Waals surface area contributed by atoms with Gasteiger partial charge in [-0.3, -0.25) is 9.78 Å². The smallest absolute Gasteiger partial charge is 0.314 e. The quantitative estimate of drug-likeness (QED) is 0.548. The zero-order valence-corrected chi connectivity index (χ0v) is 15.5. The number of esters is 1. The first-order chi connectivity index (χ1) is 12.6. The number of hydrogen-bond acceptors (Lipinski definition) is 5. The van der Waals surface area contributed by atoms with Crippen LogP contribution in [-0.4, -0.2) is 35.6 Å². The summed E-state index contributed by atoms with van der Waals surface area (Å²) < 4.78 is 10.7. The number of aliphatic hydroxyl groups is 1. The molecular weight excluding hydrogens is 330 g/mol. The lowest BCUT2D eigenvalue weighted by Gasteiger charge is -2.28. The molecule has 5 heteroatoms. The van der Waals surface area contributed by atoms with Crippen molar-refractivity contribution in [1.82, 2.24) is 4.98 Å². The lowest BCUT2D eigenvalue weighted by Crippen LogP contribution is -2.28. The van der Waals surface area contributed by atoms with E-state index in [1.807, 2.05) is 50.2 Å². The first kappa shape index (κ1) is 20.1. The zero-order valence-electron chi connectivity index (χ0n) is 15.5. The molecule has 1 aromatic carbocycles. The molecule has 0 aliphatic heterocycles. The summed E-state index contributed by atoms with van der Waals surface area (Å²) in [5.41, 5.74) is 1.71. The van der Waals surface area contributed by atoms with Crippen molar-refractivity contribution in [2.45, 2.75) is 50.9 Å². The number of rotatable bonds is 9. The Morgan fingerprint density at radius 3 is 2.42 bits per heavy atom. The number of nitrogens with zero attached hydrogens (tertiary/aromatic N) is 1. The van der Waals surface area contributed by atoms with Gasteiger partial charge in [0.1, 0.15) is 0 Å². The molecule has 1 N–H and O–H groups in total. The van der Waals surface area contributed by atoms with Crippen LogP contribution in [0.1, 0.15) is 49.7 Å². The van der Waals surface area contributed by atoms with Crippen LogP contribution in [0.2, 0.25) is 0 Å². The summed E-state index contributed by atoms with van der Waals surface area (Å²) in [7, 11) is 1.45. The van der Waals surface area contributed by atoms with Gasteiger partial charge in [0.15, 0.2) is 6.29 Å². The molecule has 2 aromatic rings. The third-order valence-electron chi connectivity index (χ3n) is 4.55. The van der Waals surface area contributed by atoms with E-state index in [0.717, 1.165) is 17.5 Å². The van der Waals surface area contributed by atoms with Crippen LogP contribution in [0.15, 0.2) is 54.9 Å². The highest BCUT2D eigenvalue weighted by Gasteiger charge is 2.34. The molecule has 0 saturated heterocycles. The van der Waals surface area contributed by atoms with Crippen LogP contribution in [0.3, 0.4) is 0 Å². The van der Waals surface area contributed by atoms with E-state index in [2.05, 4.69) is 4.98 Å². The molecule has 1 heterocycles. The fourth-order valence-corrected chi connectivity index (χ4v) is 2.93. The number of aromatic nitrogens is 1.